The van der Waals surface area contributed by atoms with Crippen molar-refractivity contribution >= 4 is 11.1 Å². The molecular weight excluding hydrogens is 300 g/mol. The molecule has 0 N–H and O–H groups in total. The van der Waals surface area contributed by atoms with Gasteiger partial charge in [0.2, 0.25) is 5.71 Å². The normalized spacial score (nSPS) is 11.1. The van der Waals surface area contributed by atoms with E-state index in [-0.39, 0.29) is 5.63 Å². The van der Waals surface area contributed by atoms with E-state index >= 15 is 0 Å². The average molecular weight is 316 g/mol. The minimum atomic E-state index is -0.379. The van der Waals surface area contributed by atoms with E-state index in [1.165, 1.54) is 6.07 Å². The van der Waals surface area contributed by atoms with Crippen molar-refractivity contribution in [1.29, 1.82) is 0 Å². The molecule has 2 heterocycles. The summed E-state index contributed by atoms with van der Waals surface area (Å²) in [6, 6.07) is 19.3. The third-order valence-corrected chi connectivity index (χ3v) is 4.18. The van der Waals surface area contributed by atoms with Crippen LogP contribution in [0.2, 0.25) is 0 Å². The molecule has 4 rings (SSSR count). The van der Waals surface area contributed by atoms with E-state index in [0.29, 0.717) is 5.71 Å². The summed E-state index contributed by atoms with van der Waals surface area (Å²) in [7, 11) is 0. The van der Waals surface area contributed by atoms with Gasteiger partial charge in [0.15, 0.2) is 0 Å². The maximum absolute atomic E-state index is 12.1. The maximum atomic E-state index is 12.1. The van der Waals surface area contributed by atoms with Crippen LogP contribution in [0.1, 0.15) is 11.3 Å². The molecular formula is C20H16N2O2. The smallest absolute Gasteiger partial charge is 0.338 e. The highest BCUT2D eigenvalue weighted by Crippen LogP contribution is 2.31. The molecule has 4 heteroatoms. The van der Waals surface area contributed by atoms with E-state index in [0.717, 1.165) is 33.5 Å². The standard InChI is InChI=1S/C20H16N2O2/c1-13-8-6-7-11-17(13)22-20-19(14(2)21-22)16(12-18(23)24-20)15-9-4-3-5-10-15/h3-12H,1-2H3. The molecule has 24 heavy (non-hydrogen) atoms. The lowest BCUT2D eigenvalue weighted by molar-refractivity contribution is 0.535. The molecule has 0 aliphatic rings. The van der Waals surface area contributed by atoms with Gasteiger partial charge in [-0.15, -0.1) is 0 Å². The fraction of sp³-hybridized carbons (Fsp3) is 0.100. The number of fused-ring (bicyclic) bond motifs is 1. The van der Waals surface area contributed by atoms with Gasteiger partial charge in [-0.1, -0.05) is 48.5 Å². The number of aromatic nitrogens is 2. The Hall–Kier alpha value is -3.14. The SMILES string of the molecule is Cc1ccccc1-n1nc(C)c2c(-c3ccccc3)cc(=O)oc21. The summed E-state index contributed by atoms with van der Waals surface area (Å²) in [5.41, 5.74) is 4.72. The lowest BCUT2D eigenvalue weighted by atomic mass is 10.0. The van der Waals surface area contributed by atoms with Crippen molar-refractivity contribution in [3.8, 4) is 16.8 Å². The quantitative estimate of drug-likeness (QED) is 0.555. The van der Waals surface area contributed by atoms with Crippen LogP contribution in [0, 0.1) is 13.8 Å². The van der Waals surface area contributed by atoms with E-state index in [4.69, 9.17) is 4.42 Å². The summed E-state index contributed by atoms with van der Waals surface area (Å²) < 4.78 is 7.25. The van der Waals surface area contributed by atoms with E-state index in [1.54, 1.807) is 4.68 Å². The van der Waals surface area contributed by atoms with Crippen molar-refractivity contribution in [2.45, 2.75) is 13.8 Å². The van der Waals surface area contributed by atoms with Crippen LogP contribution in [0.15, 0.2) is 69.9 Å². The van der Waals surface area contributed by atoms with Gasteiger partial charge in [0.25, 0.3) is 0 Å². The molecule has 0 aliphatic carbocycles. The average Bonchev–Trinajstić information content (AvgIpc) is 2.92. The summed E-state index contributed by atoms with van der Waals surface area (Å²) in [6.07, 6.45) is 0. The monoisotopic (exact) mass is 316 g/mol. The zero-order valence-corrected chi connectivity index (χ0v) is 13.5. The molecule has 0 saturated heterocycles. The summed E-state index contributed by atoms with van der Waals surface area (Å²) in [4.78, 5) is 12.1. The van der Waals surface area contributed by atoms with Gasteiger partial charge in [0, 0.05) is 11.6 Å². The fourth-order valence-corrected chi connectivity index (χ4v) is 3.03. The predicted molar refractivity (Wildman–Crippen MR) is 94.5 cm³/mol. The Morgan fingerprint density at radius 1 is 0.958 bits per heavy atom. The number of benzene rings is 2. The lowest BCUT2D eigenvalue weighted by Crippen LogP contribution is -2.03. The minimum Gasteiger partial charge on any atom is -0.403 e. The maximum Gasteiger partial charge on any atom is 0.338 e. The van der Waals surface area contributed by atoms with Gasteiger partial charge in [-0.2, -0.15) is 9.78 Å². The molecule has 0 bridgehead atoms. The van der Waals surface area contributed by atoms with Crippen molar-refractivity contribution in [3.05, 3.63) is 82.3 Å². The van der Waals surface area contributed by atoms with Crippen LogP contribution < -0.4 is 5.63 Å². The van der Waals surface area contributed by atoms with Crippen molar-refractivity contribution in [1.82, 2.24) is 9.78 Å². The molecule has 0 saturated carbocycles. The Kier molecular flexibility index (Phi) is 3.31. The molecule has 0 spiro atoms. The van der Waals surface area contributed by atoms with E-state index in [9.17, 15) is 4.79 Å². The highest BCUT2D eigenvalue weighted by Gasteiger charge is 2.18. The summed E-state index contributed by atoms with van der Waals surface area (Å²) in [5.74, 6) is 0. The highest BCUT2D eigenvalue weighted by atomic mass is 16.4. The Labute approximate surface area is 139 Å². The summed E-state index contributed by atoms with van der Waals surface area (Å²) >= 11 is 0. The van der Waals surface area contributed by atoms with Crippen LogP contribution in [0.4, 0.5) is 0 Å². The first-order chi connectivity index (χ1) is 11.6. The summed E-state index contributed by atoms with van der Waals surface area (Å²) in [5, 5.41) is 5.50. The number of hydrogen-bond donors (Lipinski definition) is 0. The molecule has 0 radical (unpaired) electrons. The van der Waals surface area contributed by atoms with E-state index in [1.807, 2.05) is 68.4 Å². The van der Waals surface area contributed by atoms with E-state index < -0.39 is 0 Å². The van der Waals surface area contributed by atoms with Crippen LogP contribution in [-0.2, 0) is 0 Å². The van der Waals surface area contributed by atoms with Gasteiger partial charge < -0.3 is 4.42 Å². The number of hydrogen-bond acceptors (Lipinski definition) is 3. The molecule has 0 atom stereocenters. The van der Waals surface area contributed by atoms with Crippen LogP contribution in [0.3, 0.4) is 0 Å². The first-order valence-corrected chi connectivity index (χ1v) is 7.80. The number of rotatable bonds is 2. The predicted octanol–water partition coefficient (Wildman–Crippen LogP) is 4.26. The molecule has 0 aliphatic heterocycles. The van der Waals surface area contributed by atoms with Crippen molar-refractivity contribution in [3.63, 3.8) is 0 Å². The molecule has 4 aromatic rings. The number of aryl methyl sites for hydroxylation is 2. The van der Waals surface area contributed by atoms with Gasteiger partial charge in [0.1, 0.15) is 0 Å². The topological polar surface area (TPSA) is 48.0 Å². The van der Waals surface area contributed by atoms with Crippen LogP contribution in [0.25, 0.3) is 27.9 Å². The molecule has 2 aromatic carbocycles. The van der Waals surface area contributed by atoms with E-state index in [2.05, 4.69) is 5.10 Å². The van der Waals surface area contributed by atoms with Gasteiger partial charge in [-0.25, -0.2) is 4.79 Å². The molecule has 4 nitrogen and oxygen atoms in total. The number of para-hydroxylation sites is 1. The third kappa shape index (κ3) is 2.24. The Morgan fingerprint density at radius 2 is 1.67 bits per heavy atom. The molecule has 118 valence electrons. The van der Waals surface area contributed by atoms with Crippen LogP contribution >= 0.6 is 0 Å². The van der Waals surface area contributed by atoms with Gasteiger partial charge in [-0.05, 0) is 31.0 Å². The molecule has 0 unspecified atom stereocenters. The second-order valence-electron chi connectivity index (χ2n) is 5.81. The molecule has 0 amide bonds. The first-order valence-electron chi connectivity index (χ1n) is 7.80. The first kappa shape index (κ1) is 14.5. The molecule has 2 aromatic heterocycles. The summed E-state index contributed by atoms with van der Waals surface area (Å²) in [6.45, 7) is 3.95. The van der Waals surface area contributed by atoms with Gasteiger partial charge in [-0.3, -0.25) is 0 Å². The van der Waals surface area contributed by atoms with Crippen molar-refractivity contribution < 1.29 is 4.42 Å². The van der Waals surface area contributed by atoms with Crippen molar-refractivity contribution in [2.24, 2.45) is 0 Å². The van der Waals surface area contributed by atoms with Gasteiger partial charge >= 0.3 is 5.63 Å². The third-order valence-electron chi connectivity index (χ3n) is 4.18. The largest absolute Gasteiger partial charge is 0.403 e. The Morgan fingerprint density at radius 3 is 2.42 bits per heavy atom. The van der Waals surface area contributed by atoms with Crippen molar-refractivity contribution in [2.75, 3.05) is 0 Å². The second-order valence-corrected chi connectivity index (χ2v) is 5.81. The zero-order chi connectivity index (χ0) is 16.7. The lowest BCUT2D eigenvalue weighted by Gasteiger charge is -2.06. The van der Waals surface area contributed by atoms with Crippen LogP contribution in [0.5, 0.6) is 0 Å². The number of nitrogens with zero attached hydrogens (tertiary/aromatic N) is 2. The Bertz CT molecular complexity index is 1090. The fourth-order valence-electron chi connectivity index (χ4n) is 3.03. The minimum absolute atomic E-state index is 0.379. The van der Waals surface area contributed by atoms with Gasteiger partial charge in [0.05, 0.1) is 16.8 Å². The Balaban J connectivity index is 2.09. The molecule has 0 fully saturated rings. The second kappa shape index (κ2) is 5.49. The highest BCUT2D eigenvalue weighted by molar-refractivity contribution is 5.94. The zero-order valence-electron chi connectivity index (χ0n) is 13.5. The van der Waals surface area contributed by atoms with Crippen LogP contribution in [-0.4, -0.2) is 9.78 Å².